The summed E-state index contributed by atoms with van der Waals surface area (Å²) in [6, 6.07) is 20.7. The zero-order chi connectivity index (χ0) is 17.2. The lowest BCUT2D eigenvalue weighted by Crippen LogP contribution is -2.20. The lowest BCUT2D eigenvalue weighted by molar-refractivity contribution is 0.737. The first-order valence-electron chi connectivity index (χ1n) is 8.49. The van der Waals surface area contributed by atoms with Crippen LogP contribution in [0.1, 0.15) is 29.2 Å². The van der Waals surface area contributed by atoms with Crippen LogP contribution in [0.3, 0.4) is 0 Å². The molecule has 1 aliphatic rings. The molecule has 2 aromatic carbocycles. The van der Waals surface area contributed by atoms with Gasteiger partial charge in [-0.05, 0) is 30.5 Å². The van der Waals surface area contributed by atoms with Gasteiger partial charge in [0.25, 0.3) is 0 Å². The van der Waals surface area contributed by atoms with Crippen LogP contribution >= 0.6 is 0 Å². The van der Waals surface area contributed by atoms with Gasteiger partial charge in [-0.3, -0.25) is 0 Å². The van der Waals surface area contributed by atoms with E-state index in [0.717, 1.165) is 30.8 Å². The Morgan fingerprint density at radius 1 is 1.04 bits per heavy atom. The summed E-state index contributed by atoms with van der Waals surface area (Å²) in [6.07, 6.45) is 1.06. The molecule has 4 rings (SSSR count). The van der Waals surface area contributed by atoms with Crippen molar-refractivity contribution < 1.29 is 0 Å². The van der Waals surface area contributed by atoms with E-state index in [0.29, 0.717) is 17.4 Å². The highest BCUT2D eigenvalue weighted by molar-refractivity contribution is 5.52. The predicted molar refractivity (Wildman–Crippen MR) is 96.8 cm³/mol. The van der Waals surface area contributed by atoms with Gasteiger partial charge in [0.1, 0.15) is 6.07 Å². The molecular weight excluding hydrogens is 310 g/mol. The van der Waals surface area contributed by atoms with E-state index in [1.54, 1.807) is 4.80 Å². The molecule has 0 bridgehead atoms. The standard InChI is InChI=1S/C20H19N5/c1-15-7-5-6-10-19(15)25-22-18(13-21)20(23-25)24-12-11-17(14-24)16-8-3-2-4-9-16/h2-10,17H,11-12,14H2,1H3/t17-/m1/s1. The van der Waals surface area contributed by atoms with Crippen LogP contribution in [0.5, 0.6) is 0 Å². The molecule has 1 aliphatic heterocycles. The molecule has 1 aromatic heterocycles. The number of anilines is 1. The normalized spacial score (nSPS) is 16.8. The van der Waals surface area contributed by atoms with Crippen molar-refractivity contribution in [2.45, 2.75) is 19.3 Å². The first-order valence-corrected chi connectivity index (χ1v) is 8.49. The van der Waals surface area contributed by atoms with Crippen molar-refractivity contribution in [1.29, 1.82) is 5.26 Å². The van der Waals surface area contributed by atoms with E-state index in [4.69, 9.17) is 0 Å². The van der Waals surface area contributed by atoms with E-state index in [1.807, 2.05) is 37.3 Å². The molecule has 124 valence electrons. The Balaban J connectivity index is 1.63. The van der Waals surface area contributed by atoms with E-state index in [9.17, 15) is 5.26 Å². The maximum atomic E-state index is 9.50. The zero-order valence-corrected chi connectivity index (χ0v) is 14.1. The van der Waals surface area contributed by atoms with Gasteiger partial charge in [-0.1, -0.05) is 48.5 Å². The molecule has 1 saturated heterocycles. The Hall–Kier alpha value is -3.13. The third-order valence-electron chi connectivity index (χ3n) is 4.79. The number of rotatable bonds is 3. The van der Waals surface area contributed by atoms with Crippen molar-refractivity contribution >= 4 is 5.82 Å². The number of benzene rings is 2. The fourth-order valence-corrected chi connectivity index (χ4v) is 3.43. The fourth-order valence-electron chi connectivity index (χ4n) is 3.43. The van der Waals surface area contributed by atoms with Crippen molar-refractivity contribution in [2.75, 3.05) is 18.0 Å². The number of nitriles is 1. The quantitative estimate of drug-likeness (QED) is 0.738. The van der Waals surface area contributed by atoms with Crippen LogP contribution in [0, 0.1) is 18.3 Å². The molecule has 1 fully saturated rings. The second kappa shape index (κ2) is 6.40. The topological polar surface area (TPSA) is 57.7 Å². The van der Waals surface area contributed by atoms with Crippen molar-refractivity contribution in [3.63, 3.8) is 0 Å². The maximum Gasteiger partial charge on any atom is 0.207 e. The summed E-state index contributed by atoms with van der Waals surface area (Å²) in [4.78, 5) is 3.76. The van der Waals surface area contributed by atoms with Crippen LogP contribution in [-0.2, 0) is 0 Å². The van der Waals surface area contributed by atoms with Gasteiger partial charge in [0.15, 0.2) is 5.82 Å². The van der Waals surface area contributed by atoms with Crippen molar-refractivity contribution in [3.05, 3.63) is 71.4 Å². The lowest BCUT2D eigenvalue weighted by Gasteiger charge is -2.15. The number of nitrogens with zero attached hydrogens (tertiary/aromatic N) is 5. The first-order chi connectivity index (χ1) is 12.3. The first kappa shape index (κ1) is 15.4. The summed E-state index contributed by atoms with van der Waals surface area (Å²) >= 11 is 0. The molecule has 0 radical (unpaired) electrons. The Bertz CT molecular complexity index is 923. The Morgan fingerprint density at radius 3 is 2.56 bits per heavy atom. The van der Waals surface area contributed by atoms with Gasteiger partial charge in [-0.25, -0.2) is 0 Å². The van der Waals surface area contributed by atoms with E-state index >= 15 is 0 Å². The molecule has 0 N–H and O–H groups in total. The average Bonchev–Trinajstić information content (AvgIpc) is 3.29. The van der Waals surface area contributed by atoms with Crippen LogP contribution in [-0.4, -0.2) is 28.1 Å². The highest BCUT2D eigenvalue weighted by Crippen LogP contribution is 2.31. The van der Waals surface area contributed by atoms with Crippen molar-refractivity contribution in [2.24, 2.45) is 0 Å². The van der Waals surface area contributed by atoms with E-state index in [2.05, 4.69) is 45.4 Å². The van der Waals surface area contributed by atoms with Gasteiger partial charge in [0.05, 0.1) is 5.69 Å². The number of para-hydroxylation sites is 1. The number of aryl methyl sites for hydroxylation is 1. The van der Waals surface area contributed by atoms with Gasteiger partial charge < -0.3 is 4.90 Å². The SMILES string of the molecule is Cc1ccccc1-n1nc(C#N)c(N2CC[C@@H](c3ccccc3)C2)n1. The Morgan fingerprint density at radius 2 is 1.80 bits per heavy atom. The fraction of sp³-hybridized carbons (Fsp3) is 0.250. The second-order valence-electron chi connectivity index (χ2n) is 6.40. The molecule has 3 aromatic rings. The summed E-state index contributed by atoms with van der Waals surface area (Å²) < 4.78 is 0. The van der Waals surface area contributed by atoms with Crippen molar-refractivity contribution in [3.8, 4) is 11.8 Å². The molecule has 5 heteroatoms. The molecule has 0 saturated carbocycles. The zero-order valence-electron chi connectivity index (χ0n) is 14.1. The molecule has 5 nitrogen and oxygen atoms in total. The molecule has 1 atom stereocenters. The van der Waals surface area contributed by atoms with Gasteiger partial charge >= 0.3 is 0 Å². The molecule has 0 amide bonds. The summed E-state index contributed by atoms with van der Waals surface area (Å²) in [7, 11) is 0. The van der Waals surface area contributed by atoms with E-state index < -0.39 is 0 Å². The highest BCUT2D eigenvalue weighted by Gasteiger charge is 2.28. The minimum absolute atomic E-state index is 0.386. The number of aromatic nitrogens is 3. The number of hydrogen-bond donors (Lipinski definition) is 0. The largest absolute Gasteiger partial charge is 0.352 e. The molecule has 0 spiro atoms. The van der Waals surface area contributed by atoms with E-state index in [-0.39, 0.29) is 0 Å². The Labute approximate surface area is 147 Å². The van der Waals surface area contributed by atoms with E-state index in [1.165, 1.54) is 5.56 Å². The monoisotopic (exact) mass is 329 g/mol. The van der Waals surface area contributed by atoms with Crippen LogP contribution in [0.25, 0.3) is 5.69 Å². The molecule has 25 heavy (non-hydrogen) atoms. The third-order valence-corrected chi connectivity index (χ3v) is 4.79. The van der Waals surface area contributed by atoms with Crippen LogP contribution in [0.15, 0.2) is 54.6 Å². The highest BCUT2D eigenvalue weighted by atomic mass is 15.5. The average molecular weight is 329 g/mol. The summed E-state index contributed by atoms with van der Waals surface area (Å²) in [5.74, 6) is 1.15. The smallest absolute Gasteiger partial charge is 0.207 e. The number of hydrogen-bond acceptors (Lipinski definition) is 4. The molecule has 2 heterocycles. The van der Waals surface area contributed by atoms with Crippen LogP contribution < -0.4 is 4.90 Å². The van der Waals surface area contributed by atoms with Crippen LogP contribution in [0.4, 0.5) is 5.82 Å². The minimum atomic E-state index is 0.386. The molecule has 0 aliphatic carbocycles. The van der Waals surface area contributed by atoms with Crippen LogP contribution in [0.2, 0.25) is 0 Å². The van der Waals surface area contributed by atoms with Gasteiger partial charge in [0.2, 0.25) is 5.69 Å². The molecule has 0 unspecified atom stereocenters. The Kier molecular flexibility index (Phi) is 3.95. The molecular formula is C20H19N5. The lowest BCUT2D eigenvalue weighted by atomic mass is 9.99. The third kappa shape index (κ3) is 2.87. The maximum absolute atomic E-state index is 9.50. The van der Waals surface area contributed by atoms with Gasteiger partial charge in [-0.15, -0.1) is 15.0 Å². The van der Waals surface area contributed by atoms with Gasteiger partial charge in [-0.2, -0.15) is 5.26 Å². The predicted octanol–water partition coefficient (Wildman–Crippen LogP) is 3.44. The summed E-state index contributed by atoms with van der Waals surface area (Å²) in [5.41, 5.74) is 3.72. The summed E-state index contributed by atoms with van der Waals surface area (Å²) in [6.45, 7) is 3.78. The minimum Gasteiger partial charge on any atom is -0.352 e. The van der Waals surface area contributed by atoms with Crippen molar-refractivity contribution in [1.82, 2.24) is 15.0 Å². The van der Waals surface area contributed by atoms with Gasteiger partial charge in [0, 0.05) is 19.0 Å². The second-order valence-corrected chi connectivity index (χ2v) is 6.40. The summed E-state index contributed by atoms with van der Waals surface area (Å²) in [5, 5.41) is 18.5.